The van der Waals surface area contributed by atoms with Crippen LogP contribution in [-0.2, 0) is 17.9 Å². The van der Waals surface area contributed by atoms with E-state index in [1.807, 2.05) is 78.9 Å². The third kappa shape index (κ3) is 7.40. The predicted octanol–water partition coefficient (Wildman–Crippen LogP) is 4.43. The van der Waals surface area contributed by atoms with E-state index in [0.29, 0.717) is 18.9 Å². The molecule has 3 aromatic carbocycles. The van der Waals surface area contributed by atoms with E-state index in [1.165, 1.54) is 0 Å². The number of benzene rings is 3. The van der Waals surface area contributed by atoms with Crippen molar-refractivity contribution in [2.45, 2.75) is 13.2 Å². The molecule has 3 N–H and O–H groups in total. The first-order valence-electron chi connectivity index (χ1n) is 9.84. The Morgan fingerprint density at radius 3 is 2.32 bits per heavy atom. The van der Waals surface area contributed by atoms with E-state index >= 15 is 0 Å². The largest absolute Gasteiger partial charge is 0.492 e. The van der Waals surface area contributed by atoms with Crippen LogP contribution in [0, 0.1) is 0 Å². The van der Waals surface area contributed by atoms with E-state index in [1.54, 1.807) is 0 Å². The maximum absolute atomic E-state index is 11.8. The molecule has 0 atom stereocenters. The van der Waals surface area contributed by atoms with Crippen molar-refractivity contribution in [3.63, 3.8) is 0 Å². The topological polar surface area (TPSA) is 96.9 Å². The molecule has 0 unspecified atom stereocenters. The van der Waals surface area contributed by atoms with E-state index in [0.717, 1.165) is 22.3 Å². The van der Waals surface area contributed by atoms with Gasteiger partial charge in [-0.3, -0.25) is 0 Å². The molecule has 3 aromatic rings. The van der Waals surface area contributed by atoms with Gasteiger partial charge in [0, 0.05) is 6.54 Å². The zero-order valence-electron chi connectivity index (χ0n) is 16.9. The molecule has 0 fully saturated rings. The Bertz CT molecular complexity index is 990. The maximum atomic E-state index is 11.8. The fraction of sp³-hybridized carbons (Fsp3) is 0.167. The van der Waals surface area contributed by atoms with Crippen LogP contribution in [0.3, 0.4) is 0 Å². The first-order valence-corrected chi connectivity index (χ1v) is 9.84. The van der Waals surface area contributed by atoms with E-state index < -0.39 is 12.2 Å². The summed E-state index contributed by atoms with van der Waals surface area (Å²) in [5, 5.41) is 13.7. The third-order valence-corrected chi connectivity index (χ3v) is 4.42. The standard InChI is InChI=1S/C24H24N2O5/c27-23(28)26-16-18-9-11-20(12-10-18)21-7-4-8-22(15-21)30-14-13-25-24(29)31-17-19-5-2-1-3-6-19/h1-12,15,26H,13-14,16-17H2,(H,25,29)(H,27,28). The summed E-state index contributed by atoms with van der Waals surface area (Å²) in [6.07, 6.45) is -1.54. The average Bonchev–Trinajstić information content (AvgIpc) is 2.80. The molecule has 160 valence electrons. The van der Waals surface area contributed by atoms with Crippen LogP contribution in [0.4, 0.5) is 9.59 Å². The number of alkyl carbamates (subject to hydrolysis) is 1. The molecular formula is C24H24N2O5. The summed E-state index contributed by atoms with van der Waals surface area (Å²) in [6, 6.07) is 24.7. The normalized spacial score (nSPS) is 10.2. The second kappa shape index (κ2) is 11.3. The monoisotopic (exact) mass is 420 g/mol. The summed E-state index contributed by atoms with van der Waals surface area (Å²) in [5.74, 6) is 0.688. The molecule has 0 saturated carbocycles. The van der Waals surface area contributed by atoms with Crippen molar-refractivity contribution in [1.29, 1.82) is 0 Å². The highest BCUT2D eigenvalue weighted by molar-refractivity contribution is 5.67. The maximum Gasteiger partial charge on any atom is 0.407 e. The van der Waals surface area contributed by atoms with Gasteiger partial charge < -0.3 is 25.2 Å². The van der Waals surface area contributed by atoms with Crippen molar-refractivity contribution in [2.75, 3.05) is 13.2 Å². The minimum atomic E-state index is -1.05. The van der Waals surface area contributed by atoms with Gasteiger partial charge in [0.2, 0.25) is 0 Å². The van der Waals surface area contributed by atoms with Gasteiger partial charge in [-0.25, -0.2) is 9.59 Å². The van der Waals surface area contributed by atoms with E-state index in [9.17, 15) is 9.59 Å². The van der Waals surface area contributed by atoms with Crippen LogP contribution in [0.15, 0.2) is 78.9 Å². The highest BCUT2D eigenvalue weighted by Crippen LogP contribution is 2.24. The number of hydrogen-bond donors (Lipinski definition) is 3. The molecule has 0 radical (unpaired) electrons. The summed E-state index contributed by atoms with van der Waals surface area (Å²) in [7, 11) is 0. The first-order chi connectivity index (χ1) is 15.1. The Hall–Kier alpha value is -4.00. The Labute approximate surface area is 180 Å². The number of ether oxygens (including phenoxy) is 2. The van der Waals surface area contributed by atoms with E-state index in [2.05, 4.69) is 10.6 Å². The lowest BCUT2D eigenvalue weighted by Gasteiger charge is -2.10. The van der Waals surface area contributed by atoms with Crippen LogP contribution in [0.5, 0.6) is 5.75 Å². The SMILES string of the molecule is O=C(O)NCc1ccc(-c2cccc(OCCNC(=O)OCc3ccccc3)c2)cc1. The second-order valence-electron chi connectivity index (χ2n) is 6.72. The molecule has 31 heavy (non-hydrogen) atoms. The van der Waals surface area contributed by atoms with Gasteiger partial charge in [-0.05, 0) is 34.4 Å². The number of carbonyl (C=O) groups excluding carboxylic acids is 1. The van der Waals surface area contributed by atoms with Crippen molar-refractivity contribution in [3.8, 4) is 16.9 Å². The molecule has 0 aliphatic rings. The summed E-state index contributed by atoms with van der Waals surface area (Å²) in [4.78, 5) is 22.3. The van der Waals surface area contributed by atoms with E-state index in [4.69, 9.17) is 14.6 Å². The van der Waals surface area contributed by atoms with E-state index in [-0.39, 0.29) is 13.2 Å². The zero-order valence-corrected chi connectivity index (χ0v) is 16.9. The number of rotatable bonds is 9. The Kier molecular flexibility index (Phi) is 7.88. The number of hydrogen-bond acceptors (Lipinski definition) is 4. The molecule has 3 rings (SSSR count). The zero-order chi connectivity index (χ0) is 21.9. The lowest BCUT2D eigenvalue weighted by Crippen LogP contribution is -2.28. The summed E-state index contributed by atoms with van der Waals surface area (Å²) < 4.78 is 10.9. The number of nitrogens with one attached hydrogen (secondary N) is 2. The summed E-state index contributed by atoms with van der Waals surface area (Å²) in [6.45, 7) is 1.12. The minimum Gasteiger partial charge on any atom is -0.492 e. The molecule has 0 saturated heterocycles. The molecule has 7 heteroatoms. The van der Waals surface area contributed by atoms with Crippen molar-refractivity contribution < 1.29 is 24.2 Å². The van der Waals surface area contributed by atoms with Crippen molar-refractivity contribution >= 4 is 12.2 Å². The highest BCUT2D eigenvalue weighted by Gasteiger charge is 2.04. The van der Waals surface area contributed by atoms with Crippen LogP contribution in [0.25, 0.3) is 11.1 Å². The van der Waals surface area contributed by atoms with Gasteiger partial charge in [-0.15, -0.1) is 0 Å². The van der Waals surface area contributed by atoms with Crippen molar-refractivity contribution in [1.82, 2.24) is 10.6 Å². The fourth-order valence-corrected chi connectivity index (χ4v) is 2.85. The lowest BCUT2D eigenvalue weighted by molar-refractivity contribution is 0.137. The van der Waals surface area contributed by atoms with Crippen LogP contribution in [0.2, 0.25) is 0 Å². The fourth-order valence-electron chi connectivity index (χ4n) is 2.85. The minimum absolute atomic E-state index is 0.223. The number of amides is 2. The lowest BCUT2D eigenvalue weighted by atomic mass is 10.0. The van der Waals surface area contributed by atoms with Gasteiger partial charge in [-0.1, -0.05) is 66.7 Å². The van der Waals surface area contributed by atoms with Gasteiger partial charge in [-0.2, -0.15) is 0 Å². The van der Waals surface area contributed by atoms with Gasteiger partial charge >= 0.3 is 12.2 Å². The Balaban J connectivity index is 1.43. The van der Waals surface area contributed by atoms with Crippen LogP contribution < -0.4 is 15.4 Å². The summed E-state index contributed by atoms with van der Waals surface area (Å²) in [5.41, 5.74) is 3.78. The van der Waals surface area contributed by atoms with Gasteiger partial charge in [0.15, 0.2) is 0 Å². The van der Waals surface area contributed by atoms with Crippen LogP contribution >= 0.6 is 0 Å². The molecular weight excluding hydrogens is 396 g/mol. The molecule has 0 heterocycles. The number of carbonyl (C=O) groups is 2. The molecule has 0 spiro atoms. The van der Waals surface area contributed by atoms with Gasteiger partial charge in [0.1, 0.15) is 19.0 Å². The van der Waals surface area contributed by atoms with Crippen LogP contribution in [0.1, 0.15) is 11.1 Å². The molecule has 0 bridgehead atoms. The quantitative estimate of drug-likeness (QED) is 0.445. The smallest absolute Gasteiger partial charge is 0.407 e. The average molecular weight is 420 g/mol. The predicted molar refractivity (Wildman–Crippen MR) is 117 cm³/mol. The molecule has 0 aliphatic heterocycles. The van der Waals surface area contributed by atoms with Gasteiger partial charge in [0.25, 0.3) is 0 Å². The van der Waals surface area contributed by atoms with Crippen molar-refractivity contribution in [2.24, 2.45) is 0 Å². The van der Waals surface area contributed by atoms with Crippen LogP contribution in [-0.4, -0.2) is 30.4 Å². The first kappa shape index (κ1) is 21.7. The third-order valence-electron chi connectivity index (χ3n) is 4.42. The van der Waals surface area contributed by atoms with Gasteiger partial charge in [0.05, 0.1) is 6.54 Å². The molecule has 2 amide bonds. The Morgan fingerprint density at radius 2 is 1.58 bits per heavy atom. The molecule has 0 aromatic heterocycles. The Morgan fingerprint density at radius 1 is 0.806 bits per heavy atom. The molecule has 0 aliphatic carbocycles. The summed E-state index contributed by atoms with van der Waals surface area (Å²) >= 11 is 0. The highest BCUT2D eigenvalue weighted by atomic mass is 16.5. The second-order valence-corrected chi connectivity index (χ2v) is 6.72. The number of carboxylic acid groups (broad SMARTS) is 1. The van der Waals surface area contributed by atoms with Crippen molar-refractivity contribution in [3.05, 3.63) is 90.0 Å². The molecule has 7 nitrogen and oxygen atoms in total.